The summed E-state index contributed by atoms with van der Waals surface area (Å²) in [5.41, 5.74) is 2.37. The van der Waals surface area contributed by atoms with Gasteiger partial charge in [-0.25, -0.2) is 4.79 Å². The summed E-state index contributed by atoms with van der Waals surface area (Å²) in [6.45, 7) is 11.4. The van der Waals surface area contributed by atoms with Crippen LogP contribution in [0, 0.1) is 11.8 Å². The number of hydrogen-bond acceptors (Lipinski definition) is 4. The maximum Gasteiger partial charge on any atom is 0.335 e. The largest absolute Gasteiger partial charge is 0.508 e. The molecule has 0 bridgehead atoms. The molecule has 1 amide bonds. The van der Waals surface area contributed by atoms with Crippen molar-refractivity contribution in [1.82, 2.24) is 10.2 Å². The molecule has 3 atom stereocenters. The lowest BCUT2D eigenvalue weighted by atomic mass is 9.67. The number of aromatic hydroxyl groups is 1. The van der Waals surface area contributed by atoms with Gasteiger partial charge in [0.05, 0.1) is 5.56 Å². The second kappa shape index (κ2) is 11.0. The number of rotatable bonds is 9. The van der Waals surface area contributed by atoms with E-state index in [4.69, 9.17) is 0 Å². The lowest BCUT2D eigenvalue weighted by molar-refractivity contribution is -0.122. The van der Waals surface area contributed by atoms with E-state index in [0.717, 1.165) is 37.2 Å². The first kappa shape index (κ1) is 25.8. The number of carboxylic acid groups (broad SMARTS) is 1. The van der Waals surface area contributed by atoms with E-state index in [1.807, 2.05) is 30.3 Å². The molecule has 1 heterocycles. The molecule has 0 radical (unpaired) electrons. The number of benzene rings is 2. The minimum Gasteiger partial charge on any atom is -0.508 e. The third-order valence-corrected chi connectivity index (χ3v) is 7.52. The Morgan fingerprint density at radius 2 is 1.88 bits per heavy atom. The van der Waals surface area contributed by atoms with Crippen molar-refractivity contribution in [3.63, 3.8) is 0 Å². The molecule has 2 aromatic carbocycles. The SMILES string of the molecule is CC(C)[C@H](CN1CC[C@@](C)(c2cccc(C(=O)O)c2)[C@@H](C)C1)NC(=O)CCc1ccc(O)cc1. The van der Waals surface area contributed by atoms with Crippen molar-refractivity contribution in [3.8, 4) is 5.75 Å². The van der Waals surface area contributed by atoms with E-state index in [9.17, 15) is 19.8 Å². The van der Waals surface area contributed by atoms with Gasteiger partial charge in [-0.15, -0.1) is 0 Å². The van der Waals surface area contributed by atoms with Crippen molar-refractivity contribution in [2.45, 2.75) is 58.4 Å². The Morgan fingerprint density at radius 1 is 1.18 bits per heavy atom. The molecule has 0 saturated carbocycles. The topological polar surface area (TPSA) is 89.9 Å². The smallest absolute Gasteiger partial charge is 0.335 e. The Morgan fingerprint density at radius 3 is 2.50 bits per heavy atom. The predicted molar refractivity (Wildman–Crippen MR) is 134 cm³/mol. The number of carbonyl (C=O) groups excluding carboxylic acids is 1. The molecule has 1 aliphatic heterocycles. The van der Waals surface area contributed by atoms with Crippen LogP contribution in [-0.4, -0.2) is 52.7 Å². The summed E-state index contributed by atoms with van der Waals surface area (Å²) in [7, 11) is 0. The molecule has 1 fully saturated rings. The lowest BCUT2D eigenvalue weighted by Crippen LogP contribution is -2.53. The van der Waals surface area contributed by atoms with Crippen LogP contribution in [0.5, 0.6) is 5.75 Å². The molecule has 0 aromatic heterocycles. The average Bonchev–Trinajstić information content (AvgIpc) is 2.80. The molecule has 1 aliphatic rings. The molecule has 6 heteroatoms. The number of likely N-dealkylation sites (tertiary alicyclic amines) is 1. The van der Waals surface area contributed by atoms with Crippen molar-refractivity contribution >= 4 is 11.9 Å². The van der Waals surface area contributed by atoms with Crippen molar-refractivity contribution in [3.05, 3.63) is 65.2 Å². The van der Waals surface area contributed by atoms with Gasteiger partial charge in [0.1, 0.15) is 5.75 Å². The fraction of sp³-hybridized carbons (Fsp3) is 0.500. The van der Waals surface area contributed by atoms with Crippen LogP contribution in [0.3, 0.4) is 0 Å². The van der Waals surface area contributed by atoms with E-state index in [1.165, 1.54) is 0 Å². The van der Waals surface area contributed by atoms with Crippen LogP contribution >= 0.6 is 0 Å². The number of phenols is 1. The molecule has 6 nitrogen and oxygen atoms in total. The highest BCUT2D eigenvalue weighted by atomic mass is 16.4. The third-order valence-electron chi connectivity index (χ3n) is 7.52. The van der Waals surface area contributed by atoms with Crippen LogP contribution in [0.2, 0.25) is 0 Å². The normalized spacial score (nSPS) is 21.9. The summed E-state index contributed by atoms with van der Waals surface area (Å²) in [5, 5.41) is 22.0. The molecule has 184 valence electrons. The van der Waals surface area contributed by atoms with E-state index in [-0.39, 0.29) is 23.1 Å². The van der Waals surface area contributed by atoms with Crippen molar-refractivity contribution in [1.29, 1.82) is 0 Å². The van der Waals surface area contributed by atoms with Gasteiger partial charge >= 0.3 is 5.97 Å². The second-order valence-corrected chi connectivity index (χ2v) is 10.3. The van der Waals surface area contributed by atoms with Gasteiger partial charge in [-0.2, -0.15) is 0 Å². The fourth-order valence-corrected chi connectivity index (χ4v) is 4.82. The molecule has 1 saturated heterocycles. The van der Waals surface area contributed by atoms with Gasteiger partial charge in [0.2, 0.25) is 5.91 Å². The number of phenolic OH excluding ortho intramolecular Hbond substituents is 1. The Bertz CT molecular complexity index is 988. The van der Waals surface area contributed by atoms with E-state index >= 15 is 0 Å². The molecular formula is C28H38N2O4. The van der Waals surface area contributed by atoms with Crippen LogP contribution in [0.1, 0.15) is 62.0 Å². The molecule has 3 rings (SSSR count). The number of aryl methyl sites for hydroxylation is 1. The summed E-state index contributed by atoms with van der Waals surface area (Å²) in [6, 6.07) is 14.4. The Hall–Kier alpha value is -2.86. The summed E-state index contributed by atoms with van der Waals surface area (Å²) in [6.07, 6.45) is 2.00. The number of hydrogen-bond donors (Lipinski definition) is 3. The van der Waals surface area contributed by atoms with Crippen molar-refractivity contribution in [2.75, 3.05) is 19.6 Å². The molecule has 2 aromatic rings. The van der Waals surface area contributed by atoms with Crippen LogP contribution in [0.15, 0.2) is 48.5 Å². The molecule has 0 unspecified atom stereocenters. The maximum absolute atomic E-state index is 12.7. The summed E-state index contributed by atoms with van der Waals surface area (Å²) in [4.78, 5) is 26.5. The standard InChI is InChI=1S/C28H38N2O4/c1-19(2)25(29-26(32)13-10-21-8-11-24(31)12-9-21)18-30-15-14-28(4,20(3)17-30)23-7-5-6-22(16-23)27(33)34/h5-9,11-12,16,19-20,25,31H,10,13-15,17-18H2,1-4H3,(H,29,32)(H,33,34)/t20-,25-,28+/m0/s1. The Balaban J connectivity index is 1.57. The molecule has 3 N–H and O–H groups in total. The first-order chi connectivity index (χ1) is 16.1. The highest BCUT2D eigenvalue weighted by molar-refractivity contribution is 5.87. The summed E-state index contributed by atoms with van der Waals surface area (Å²) in [5.74, 6) is 0.0509. The van der Waals surface area contributed by atoms with Gasteiger partial charge in [-0.05, 0) is 72.0 Å². The van der Waals surface area contributed by atoms with Crippen molar-refractivity contribution < 1.29 is 19.8 Å². The number of piperidine rings is 1. The first-order valence-corrected chi connectivity index (χ1v) is 12.2. The van der Waals surface area contributed by atoms with Gasteiger partial charge in [0.15, 0.2) is 0 Å². The number of nitrogens with zero attached hydrogens (tertiary/aromatic N) is 1. The molecule has 0 aliphatic carbocycles. The van der Waals surface area contributed by atoms with Crippen LogP contribution in [0.25, 0.3) is 0 Å². The van der Waals surface area contributed by atoms with Crippen LogP contribution in [-0.2, 0) is 16.6 Å². The summed E-state index contributed by atoms with van der Waals surface area (Å²) < 4.78 is 0. The Kier molecular flexibility index (Phi) is 8.37. The van der Waals surface area contributed by atoms with Gasteiger partial charge in [0, 0.05) is 25.6 Å². The van der Waals surface area contributed by atoms with E-state index in [2.05, 4.69) is 37.9 Å². The quantitative estimate of drug-likeness (QED) is 0.508. The number of aromatic carboxylic acids is 1. The van der Waals surface area contributed by atoms with Crippen LogP contribution in [0.4, 0.5) is 0 Å². The zero-order valence-electron chi connectivity index (χ0n) is 20.8. The highest BCUT2D eigenvalue weighted by Crippen LogP contribution is 2.39. The monoisotopic (exact) mass is 466 g/mol. The Labute approximate surface area is 203 Å². The van der Waals surface area contributed by atoms with Gasteiger partial charge in [-0.3, -0.25) is 4.79 Å². The minimum absolute atomic E-state index is 0.0483. The maximum atomic E-state index is 12.7. The second-order valence-electron chi connectivity index (χ2n) is 10.3. The highest BCUT2D eigenvalue weighted by Gasteiger charge is 2.39. The van der Waals surface area contributed by atoms with E-state index in [0.29, 0.717) is 30.2 Å². The zero-order chi connectivity index (χ0) is 24.9. The predicted octanol–water partition coefficient (Wildman–Crippen LogP) is 4.46. The average molecular weight is 467 g/mol. The number of carboxylic acids is 1. The van der Waals surface area contributed by atoms with Gasteiger partial charge < -0.3 is 20.4 Å². The first-order valence-electron chi connectivity index (χ1n) is 12.2. The minimum atomic E-state index is -0.892. The van der Waals surface area contributed by atoms with E-state index < -0.39 is 5.97 Å². The van der Waals surface area contributed by atoms with Gasteiger partial charge in [-0.1, -0.05) is 52.0 Å². The van der Waals surface area contributed by atoms with E-state index in [1.54, 1.807) is 18.2 Å². The van der Waals surface area contributed by atoms with Crippen molar-refractivity contribution in [2.24, 2.45) is 11.8 Å². The number of nitrogens with one attached hydrogen (secondary N) is 1. The summed E-state index contributed by atoms with van der Waals surface area (Å²) >= 11 is 0. The number of amides is 1. The lowest BCUT2D eigenvalue weighted by Gasteiger charge is -2.46. The molecular weight excluding hydrogens is 428 g/mol. The molecule has 34 heavy (non-hydrogen) atoms. The molecule has 0 spiro atoms. The van der Waals surface area contributed by atoms with Gasteiger partial charge in [0.25, 0.3) is 0 Å². The fourth-order valence-electron chi connectivity index (χ4n) is 4.82. The third kappa shape index (κ3) is 6.38. The van der Waals surface area contributed by atoms with Crippen LogP contribution < -0.4 is 5.32 Å². The number of carbonyl (C=O) groups is 2. The zero-order valence-corrected chi connectivity index (χ0v) is 20.8.